The van der Waals surface area contributed by atoms with Crippen molar-refractivity contribution in [2.24, 2.45) is 0 Å². The topological polar surface area (TPSA) is 78.8 Å². The van der Waals surface area contributed by atoms with Crippen molar-refractivity contribution in [1.82, 2.24) is 10.2 Å². The molecule has 3 rings (SSSR count). The molecule has 26 heavy (non-hydrogen) atoms. The van der Waals surface area contributed by atoms with E-state index in [0.29, 0.717) is 27.6 Å². The summed E-state index contributed by atoms with van der Waals surface area (Å²) in [7, 11) is 1.48. The normalized spacial score (nSPS) is 11.0. The van der Waals surface area contributed by atoms with Crippen molar-refractivity contribution in [2.75, 3.05) is 7.11 Å². The number of carbonyl (C=O) groups is 1. The first-order chi connectivity index (χ1) is 12.6. The fourth-order valence-corrected chi connectivity index (χ4v) is 2.66. The number of nitrogens with one attached hydrogen (secondary N) is 1. The number of H-pyrrole nitrogens is 1. The largest absolute Gasteiger partial charge is 0.496 e. The van der Waals surface area contributed by atoms with Crippen LogP contribution in [-0.4, -0.2) is 23.1 Å². The van der Waals surface area contributed by atoms with Gasteiger partial charge in [-0.25, -0.2) is 0 Å². The highest BCUT2D eigenvalue weighted by atomic mass is 35.5. The highest BCUT2D eigenvalue weighted by molar-refractivity contribution is 6.30. The number of benzene rings is 2. The van der Waals surface area contributed by atoms with Gasteiger partial charge in [-0.15, -0.1) is 0 Å². The van der Waals surface area contributed by atoms with Crippen molar-refractivity contribution >= 4 is 23.5 Å². The fraction of sp³-hybridized carbons (Fsp3) is 0.0500. The van der Waals surface area contributed by atoms with E-state index in [0.717, 1.165) is 5.56 Å². The molecule has 0 saturated heterocycles. The Bertz CT molecular complexity index is 1010. The molecule has 0 atom stereocenters. The summed E-state index contributed by atoms with van der Waals surface area (Å²) in [6.07, 6.45) is 3.08. The summed E-state index contributed by atoms with van der Waals surface area (Å²) in [6, 6.07) is 16.0. The number of Topliss-reactive ketones (excluding diaryl/α,β-unsaturated/α-hetero) is 1. The first kappa shape index (κ1) is 17.5. The second kappa shape index (κ2) is 7.68. The van der Waals surface area contributed by atoms with Crippen LogP contribution in [0.4, 0.5) is 0 Å². The van der Waals surface area contributed by atoms with Crippen LogP contribution >= 0.6 is 11.6 Å². The van der Waals surface area contributed by atoms with Gasteiger partial charge in [0.1, 0.15) is 17.4 Å². The van der Waals surface area contributed by atoms with E-state index in [1.54, 1.807) is 42.6 Å². The van der Waals surface area contributed by atoms with E-state index in [-0.39, 0.29) is 5.57 Å². The quantitative estimate of drug-likeness (QED) is 0.410. The molecular weight excluding hydrogens is 350 g/mol. The molecule has 0 aliphatic rings. The number of methoxy groups -OCH3 is 1. The molecule has 0 bridgehead atoms. The molecule has 5 nitrogen and oxygen atoms in total. The Hall–Kier alpha value is -3.36. The first-order valence-electron chi connectivity index (χ1n) is 7.73. The van der Waals surface area contributed by atoms with E-state index in [1.165, 1.54) is 13.2 Å². The van der Waals surface area contributed by atoms with E-state index in [4.69, 9.17) is 16.3 Å². The number of nitriles is 1. The van der Waals surface area contributed by atoms with Gasteiger partial charge in [-0.05, 0) is 30.3 Å². The third-order valence-corrected chi connectivity index (χ3v) is 4.07. The predicted octanol–water partition coefficient (Wildman–Crippen LogP) is 4.53. The average Bonchev–Trinajstić information content (AvgIpc) is 3.14. The Morgan fingerprint density at radius 2 is 1.96 bits per heavy atom. The van der Waals surface area contributed by atoms with Crippen LogP contribution in [0.3, 0.4) is 0 Å². The standard InChI is InChI=1S/C20H14ClN3O2/c1-26-18-5-3-2-4-17(18)20(25)14(11-22)10-15-12-23-24-19(15)13-6-8-16(21)9-7-13/h2-10,12H,1H3,(H,23,24)/b14-10+. The van der Waals surface area contributed by atoms with Crippen LogP contribution in [0.5, 0.6) is 5.75 Å². The summed E-state index contributed by atoms with van der Waals surface area (Å²) in [5.74, 6) is 0.0111. The lowest BCUT2D eigenvalue weighted by atomic mass is 10.00. The molecule has 6 heteroatoms. The molecule has 0 unspecified atom stereocenters. The maximum Gasteiger partial charge on any atom is 0.207 e. The van der Waals surface area contributed by atoms with Crippen LogP contribution < -0.4 is 4.74 Å². The number of ether oxygens (including phenoxy) is 1. The molecule has 0 aliphatic carbocycles. The third-order valence-electron chi connectivity index (χ3n) is 3.82. The molecule has 0 aliphatic heterocycles. The van der Waals surface area contributed by atoms with Gasteiger partial charge in [-0.2, -0.15) is 10.4 Å². The van der Waals surface area contributed by atoms with Crippen molar-refractivity contribution in [3.05, 3.63) is 76.5 Å². The highest BCUT2D eigenvalue weighted by Gasteiger charge is 2.17. The summed E-state index contributed by atoms with van der Waals surface area (Å²) in [5.41, 5.74) is 2.50. The molecule has 0 spiro atoms. The highest BCUT2D eigenvalue weighted by Crippen LogP contribution is 2.26. The second-order valence-corrected chi connectivity index (χ2v) is 5.84. The fourth-order valence-electron chi connectivity index (χ4n) is 2.53. The average molecular weight is 364 g/mol. The van der Waals surface area contributed by atoms with Crippen molar-refractivity contribution in [3.63, 3.8) is 0 Å². The maximum absolute atomic E-state index is 12.8. The molecular formula is C20H14ClN3O2. The number of para-hydroxylation sites is 1. The number of carbonyl (C=O) groups excluding carboxylic acids is 1. The van der Waals surface area contributed by atoms with Gasteiger partial charge in [-0.1, -0.05) is 35.9 Å². The molecule has 0 fully saturated rings. The molecule has 128 valence electrons. The van der Waals surface area contributed by atoms with Crippen LogP contribution in [-0.2, 0) is 0 Å². The number of aromatic amines is 1. The smallest absolute Gasteiger partial charge is 0.207 e. The molecule has 1 aromatic heterocycles. The predicted molar refractivity (Wildman–Crippen MR) is 99.9 cm³/mol. The van der Waals surface area contributed by atoms with Gasteiger partial charge in [0.25, 0.3) is 0 Å². The van der Waals surface area contributed by atoms with Gasteiger partial charge in [-0.3, -0.25) is 9.89 Å². The number of aromatic nitrogens is 2. The molecule has 1 heterocycles. The molecule has 0 saturated carbocycles. The van der Waals surface area contributed by atoms with Gasteiger partial charge in [0.05, 0.1) is 24.6 Å². The van der Waals surface area contributed by atoms with Gasteiger partial charge in [0.15, 0.2) is 0 Å². The number of halogens is 1. The first-order valence-corrected chi connectivity index (χ1v) is 8.10. The molecule has 2 aromatic carbocycles. The molecule has 0 radical (unpaired) electrons. The number of hydrogen-bond donors (Lipinski definition) is 1. The van der Waals surface area contributed by atoms with Gasteiger partial charge in [0, 0.05) is 16.1 Å². The lowest BCUT2D eigenvalue weighted by molar-refractivity contribution is 0.103. The van der Waals surface area contributed by atoms with Gasteiger partial charge >= 0.3 is 0 Å². The molecule has 1 N–H and O–H groups in total. The molecule has 0 amide bonds. The van der Waals surface area contributed by atoms with E-state index < -0.39 is 5.78 Å². The van der Waals surface area contributed by atoms with E-state index in [2.05, 4.69) is 10.2 Å². The number of rotatable bonds is 5. The van der Waals surface area contributed by atoms with E-state index in [1.807, 2.05) is 18.2 Å². The van der Waals surface area contributed by atoms with Crippen LogP contribution in [0.25, 0.3) is 17.3 Å². The SMILES string of the molecule is COc1ccccc1C(=O)/C(C#N)=C/c1cn[nH]c1-c1ccc(Cl)cc1. The summed E-state index contributed by atoms with van der Waals surface area (Å²) >= 11 is 5.92. The monoisotopic (exact) mass is 363 g/mol. The third kappa shape index (κ3) is 3.51. The van der Waals surface area contributed by atoms with E-state index >= 15 is 0 Å². The number of nitrogens with zero attached hydrogens (tertiary/aromatic N) is 2. The van der Waals surface area contributed by atoms with Gasteiger partial charge < -0.3 is 4.74 Å². The van der Waals surface area contributed by atoms with Gasteiger partial charge in [0.2, 0.25) is 5.78 Å². The van der Waals surface area contributed by atoms with Crippen LogP contribution in [0.2, 0.25) is 5.02 Å². The second-order valence-electron chi connectivity index (χ2n) is 5.41. The lowest BCUT2D eigenvalue weighted by Crippen LogP contribution is -2.04. The van der Waals surface area contributed by atoms with Crippen molar-refractivity contribution in [1.29, 1.82) is 5.26 Å². The Kier molecular flexibility index (Phi) is 5.16. The lowest BCUT2D eigenvalue weighted by Gasteiger charge is -2.06. The summed E-state index contributed by atoms with van der Waals surface area (Å²) < 4.78 is 5.21. The zero-order valence-electron chi connectivity index (χ0n) is 13.9. The maximum atomic E-state index is 12.8. The van der Waals surface area contributed by atoms with Crippen molar-refractivity contribution in [3.8, 4) is 23.1 Å². The Morgan fingerprint density at radius 3 is 2.65 bits per heavy atom. The summed E-state index contributed by atoms with van der Waals surface area (Å²) in [6.45, 7) is 0. The van der Waals surface area contributed by atoms with Crippen molar-refractivity contribution < 1.29 is 9.53 Å². The summed E-state index contributed by atoms with van der Waals surface area (Å²) in [5, 5.41) is 17.0. The Labute approximate surface area is 155 Å². The minimum Gasteiger partial charge on any atom is -0.496 e. The van der Waals surface area contributed by atoms with Crippen LogP contribution in [0.15, 0.2) is 60.3 Å². The summed E-state index contributed by atoms with van der Waals surface area (Å²) in [4.78, 5) is 12.8. The van der Waals surface area contributed by atoms with Crippen molar-refractivity contribution in [2.45, 2.75) is 0 Å². The van der Waals surface area contributed by atoms with Crippen LogP contribution in [0, 0.1) is 11.3 Å². The number of hydrogen-bond acceptors (Lipinski definition) is 4. The minimum absolute atomic E-state index is 0.00823. The number of ketones is 1. The van der Waals surface area contributed by atoms with E-state index in [9.17, 15) is 10.1 Å². The molecule has 3 aromatic rings. The zero-order chi connectivity index (χ0) is 18.5. The Morgan fingerprint density at radius 1 is 1.23 bits per heavy atom. The minimum atomic E-state index is -0.409. The Balaban J connectivity index is 2.01. The zero-order valence-corrected chi connectivity index (χ0v) is 14.6. The van der Waals surface area contributed by atoms with Crippen LogP contribution in [0.1, 0.15) is 15.9 Å². The number of allylic oxidation sites excluding steroid dienone is 1.